The lowest BCUT2D eigenvalue weighted by Gasteiger charge is -2.05. The summed E-state index contributed by atoms with van der Waals surface area (Å²) in [6, 6.07) is 3.80. The van der Waals surface area contributed by atoms with Crippen molar-refractivity contribution >= 4 is 5.82 Å². The average Bonchev–Trinajstić information content (AvgIpc) is 2.38. The fourth-order valence-electron chi connectivity index (χ4n) is 1.26. The van der Waals surface area contributed by atoms with Gasteiger partial charge in [-0.25, -0.2) is 9.97 Å². The zero-order valence-corrected chi connectivity index (χ0v) is 8.92. The molecule has 82 valence electrons. The molecule has 1 N–H and O–H groups in total. The Kier molecular flexibility index (Phi) is 3.28. The Morgan fingerprint density at radius 1 is 1.25 bits per heavy atom. The van der Waals surface area contributed by atoms with Crippen molar-refractivity contribution in [3.05, 3.63) is 42.5 Å². The number of hydrogen-bond acceptors (Lipinski definition) is 5. The molecule has 0 bridgehead atoms. The van der Waals surface area contributed by atoms with Crippen LogP contribution in [0.1, 0.15) is 5.56 Å². The Morgan fingerprint density at radius 3 is 2.94 bits per heavy atom. The van der Waals surface area contributed by atoms with E-state index < -0.39 is 0 Å². The third-order valence-corrected chi connectivity index (χ3v) is 2.05. The maximum Gasteiger partial charge on any atom is 0.213 e. The van der Waals surface area contributed by atoms with Gasteiger partial charge in [-0.2, -0.15) is 0 Å². The molecule has 0 saturated carbocycles. The van der Waals surface area contributed by atoms with Gasteiger partial charge in [-0.05, 0) is 11.6 Å². The van der Waals surface area contributed by atoms with Gasteiger partial charge in [0.1, 0.15) is 5.82 Å². The second-order valence-electron chi connectivity index (χ2n) is 3.15. The molecule has 0 spiro atoms. The van der Waals surface area contributed by atoms with Gasteiger partial charge in [0.05, 0.1) is 13.3 Å². The van der Waals surface area contributed by atoms with Gasteiger partial charge in [-0.3, -0.25) is 4.98 Å². The fourth-order valence-corrected chi connectivity index (χ4v) is 1.26. The average molecular weight is 216 g/mol. The third kappa shape index (κ3) is 2.66. The molecule has 0 atom stereocenters. The molecule has 2 aromatic heterocycles. The molecule has 0 amide bonds. The molecule has 0 aliphatic heterocycles. The van der Waals surface area contributed by atoms with Crippen LogP contribution in [-0.4, -0.2) is 22.1 Å². The van der Waals surface area contributed by atoms with E-state index in [9.17, 15) is 0 Å². The lowest BCUT2D eigenvalue weighted by molar-refractivity contribution is 0.397. The van der Waals surface area contributed by atoms with Crippen molar-refractivity contribution in [2.24, 2.45) is 0 Å². The Balaban J connectivity index is 1.99. The number of nitrogens with one attached hydrogen (secondary N) is 1. The summed E-state index contributed by atoms with van der Waals surface area (Å²) in [5.41, 5.74) is 1.08. The number of ether oxygens (including phenoxy) is 1. The first-order valence-electron chi connectivity index (χ1n) is 4.87. The van der Waals surface area contributed by atoms with Gasteiger partial charge < -0.3 is 10.1 Å². The van der Waals surface area contributed by atoms with E-state index in [-0.39, 0.29) is 0 Å². The molecule has 2 aromatic rings. The van der Waals surface area contributed by atoms with Crippen molar-refractivity contribution < 1.29 is 4.74 Å². The summed E-state index contributed by atoms with van der Waals surface area (Å²) in [7, 11) is 1.60. The molecule has 2 rings (SSSR count). The van der Waals surface area contributed by atoms with Crippen molar-refractivity contribution in [3.63, 3.8) is 0 Å². The Hall–Kier alpha value is -2.17. The van der Waals surface area contributed by atoms with Gasteiger partial charge in [0.2, 0.25) is 5.88 Å². The van der Waals surface area contributed by atoms with Crippen LogP contribution in [0.3, 0.4) is 0 Å². The van der Waals surface area contributed by atoms with Crippen LogP contribution >= 0.6 is 0 Å². The van der Waals surface area contributed by atoms with Crippen LogP contribution in [-0.2, 0) is 6.54 Å². The quantitative estimate of drug-likeness (QED) is 0.839. The van der Waals surface area contributed by atoms with Crippen LogP contribution in [0.5, 0.6) is 5.88 Å². The Bertz CT molecular complexity index is 447. The van der Waals surface area contributed by atoms with Crippen LogP contribution in [0, 0.1) is 0 Å². The molecule has 0 saturated heterocycles. The van der Waals surface area contributed by atoms with Crippen LogP contribution < -0.4 is 10.1 Å². The Labute approximate surface area is 93.5 Å². The number of aromatic nitrogens is 3. The molecular formula is C11H12N4O. The SMILES string of the molecule is COc1cc(CNc2cnccn2)ccn1. The molecule has 5 nitrogen and oxygen atoms in total. The predicted octanol–water partition coefficient (Wildman–Crippen LogP) is 1.49. The lowest BCUT2D eigenvalue weighted by Crippen LogP contribution is -2.02. The van der Waals surface area contributed by atoms with Gasteiger partial charge in [0.25, 0.3) is 0 Å². The van der Waals surface area contributed by atoms with Crippen molar-refractivity contribution in [1.29, 1.82) is 0 Å². The first kappa shape index (κ1) is 10.4. The van der Waals surface area contributed by atoms with E-state index in [4.69, 9.17) is 4.74 Å². The summed E-state index contributed by atoms with van der Waals surface area (Å²) in [4.78, 5) is 12.1. The number of rotatable bonds is 4. The molecule has 0 radical (unpaired) electrons. The van der Waals surface area contributed by atoms with Gasteiger partial charge in [-0.15, -0.1) is 0 Å². The van der Waals surface area contributed by atoms with Gasteiger partial charge in [-0.1, -0.05) is 0 Å². The van der Waals surface area contributed by atoms with E-state index in [0.29, 0.717) is 12.4 Å². The van der Waals surface area contributed by atoms with Crippen LogP contribution in [0.2, 0.25) is 0 Å². The maximum atomic E-state index is 5.04. The molecule has 5 heteroatoms. The molecule has 0 fully saturated rings. The minimum Gasteiger partial charge on any atom is -0.481 e. The highest BCUT2D eigenvalue weighted by atomic mass is 16.5. The van der Waals surface area contributed by atoms with Crippen LogP contribution in [0.4, 0.5) is 5.82 Å². The monoisotopic (exact) mass is 216 g/mol. The lowest BCUT2D eigenvalue weighted by atomic mass is 10.2. The zero-order chi connectivity index (χ0) is 11.2. The largest absolute Gasteiger partial charge is 0.481 e. The minimum atomic E-state index is 0.610. The molecular weight excluding hydrogens is 204 g/mol. The number of pyridine rings is 1. The normalized spacial score (nSPS) is 9.81. The van der Waals surface area contributed by atoms with Gasteiger partial charge in [0, 0.05) is 31.2 Å². The topological polar surface area (TPSA) is 59.9 Å². The standard InChI is InChI=1S/C11H12N4O/c1-16-11-6-9(2-3-14-11)7-15-10-8-12-4-5-13-10/h2-6,8H,7H2,1H3,(H,13,15). The highest BCUT2D eigenvalue weighted by Gasteiger charge is 1.97. The van der Waals surface area contributed by atoms with Crippen molar-refractivity contribution in [2.75, 3.05) is 12.4 Å². The summed E-state index contributed by atoms with van der Waals surface area (Å²) >= 11 is 0. The highest BCUT2D eigenvalue weighted by molar-refractivity contribution is 5.32. The highest BCUT2D eigenvalue weighted by Crippen LogP contribution is 2.09. The fraction of sp³-hybridized carbons (Fsp3) is 0.182. The summed E-state index contributed by atoms with van der Waals surface area (Å²) in [6.45, 7) is 0.664. The Morgan fingerprint density at radius 2 is 2.19 bits per heavy atom. The molecule has 16 heavy (non-hydrogen) atoms. The molecule has 0 unspecified atom stereocenters. The van der Waals surface area contributed by atoms with E-state index in [2.05, 4.69) is 20.3 Å². The van der Waals surface area contributed by atoms with E-state index in [1.807, 2.05) is 12.1 Å². The van der Waals surface area contributed by atoms with Crippen molar-refractivity contribution in [2.45, 2.75) is 6.54 Å². The first-order valence-corrected chi connectivity index (χ1v) is 4.87. The second-order valence-corrected chi connectivity index (χ2v) is 3.15. The van der Waals surface area contributed by atoms with Crippen molar-refractivity contribution in [1.82, 2.24) is 15.0 Å². The molecule has 0 aliphatic carbocycles. The van der Waals surface area contributed by atoms with Crippen LogP contribution in [0.15, 0.2) is 36.9 Å². The number of methoxy groups -OCH3 is 1. The minimum absolute atomic E-state index is 0.610. The molecule has 0 aliphatic rings. The van der Waals surface area contributed by atoms with Gasteiger partial charge in [0.15, 0.2) is 0 Å². The van der Waals surface area contributed by atoms with Gasteiger partial charge >= 0.3 is 0 Å². The zero-order valence-electron chi connectivity index (χ0n) is 8.92. The summed E-state index contributed by atoms with van der Waals surface area (Å²) < 4.78 is 5.04. The number of anilines is 1. The molecule has 2 heterocycles. The van der Waals surface area contributed by atoms with E-state index >= 15 is 0 Å². The van der Waals surface area contributed by atoms with Crippen LogP contribution in [0.25, 0.3) is 0 Å². The van der Waals surface area contributed by atoms with E-state index in [1.54, 1.807) is 31.9 Å². The first-order chi connectivity index (χ1) is 7.88. The smallest absolute Gasteiger partial charge is 0.213 e. The second kappa shape index (κ2) is 5.06. The predicted molar refractivity (Wildman–Crippen MR) is 60.1 cm³/mol. The molecule has 0 aromatic carbocycles. The third-order valence-electron chi connectivity index (χ3n) is 2.05. The summed E-state index contributed by atoms with van der Waals surface area (Å²) in [5.74, 6) is 1.36. The number of nitrogens with zero attached hydrogens (tertiary/aromatic N) is 3. The maximum absolute atomic E-state index is 5.04. The number of hydrogen-bond donors (Lipinski definition) is 1. The van der Waals surface area contributed by atoms with E-state index in [1.165, 1.54) is 0 Å². The van der Waals surface area contributed by atoms with E-state index in [0.717, 1.165) is 11.4 Å². The van der Waals surface area contributed by atoms with Crippen molar-refractivity contribution in [3.8, 4) is 5.88 Å². The summed E-state index contributed by atoms with van der Waals surface area (Å²) in [5, 5.41) is 3.16. The summed E-state index contributed by atoms with van der Waals surface area (Å²) in [6.07, 6.45) is 6.68.